The second-order valence-electron chi connectivity index (χ2n) is 2.25. The Labute approximate surface area is 103 Å². The van der Waals surface area contributed by atoms with E-state index in [1.165, 1.54) is 0 Å². The fourth-order valence-corrected chi connectivity index (χ4v) is 3.19. The highest BCUT2D eigenvalue weighted by Gasteiger charge is 2.22. The summed E-state index contributed by atoms with van der Waals surface area (Å²) < 4.78 is 4.70. The summed E-state index contributed by atoms with van der Waals surface area (Å²) in [5, 5.41) is 0. The van der Waals surface area contributed by atoms with Crippen LogP contribution in [0.5, 0.6) is 0 Å². The fourth-order valence-electron chi connectivity index (χ4n) is 0.521. The molecular formula is C5H10Br3O2PS. The summed E-state index contributed by atoms with van der Waals surface area (Å²) in [5.74, 6) is 0. The van der Waals surface area contributed by atoms with Gasteiger partial charge in [0.15, 0.2) is 8.63 Å². The third-order valence-electron chi connectivity index (χ3n) is 0.936. The van der Waals surface area contributed by atoms with Crippen LogP contribution in [0.3, 0.4) is 0 Å². The minimum Gasteiger partial charge on any atom is -0.345 e. The van der Waals surface area contributed by atoms with Crippen molar-refractivity contribution in [3.63, 3.8) is 0 Å². The first-order valence-corrected chi connectivity index (χ1v) is 8.53. The molecule has 7 heteroatoms. The van der Waals surface area contributed by atoms with Crippen LogP contribution in [-0.2, 0) is 16.3 Å². The second-order valence-corrected chi connectivity index (χ2v) is 13.2. The number of hydrogen-bond donors (Lipinski definition) is 1. The van der Waals surface area contributed by atoms with Crippen molar-refractivity contribution in [1.82, 2.24) is 0 Å². The molecular weight excluding hydrogens is 395 g/mol. The molecule has 0 rings (SSSR count). The van der Waals surface area contributed by atoms with E-state index in [-0.39, 0.29) is 0 Å². The van der Waals surface area contributed by atoms with Gasteiger partial charge in [0.1, 0.15) is 0 Å². The SMILES string of the molecule is CCCP(O)(=S)OCC(Br)(Br)Br. The lowest BCUT2D eigenvalue weighted by Crippen LogP contribution is -2.10. The number of alkyl halides is 3. The Morgan fingerprint density at radius 1 is 1.50 bits per heavy atom. The predicted molar refractivity (Wildman–Crippen MR) is 67.1 cm³/mol. The zero-order chi connectivity index (χ0) is 9.83. The van der Waals surface area contributed by atoms with Crippen LogP contribution in [0.4, 0.5) is 0 Å². The summed E-state index contributed by atoms with van der Waals surface area (Å²) in [6.07, 6.45) is 1.40. The van der Waals surface area contributed by atoms with E-state index in [1.807, 2.05) is 6.92 Å². The molecule has 0 radical (unpaired) electrons. The Kier molecular flexibility index (Phi) is 6.75. The molecule has 0 bridgehead atoms. The van der Waals surface area contributed by atoms with Gasteiger partial charge < -0.3 is 9.42 Å². The van der Waals surface area contributed by atoms with Crippen molar-refractivity contribution >= 4 is 66.1 Å². The average Bonchev–Trinajstić information content (AvgIpc) is 1.83. The third-order valence-corrected chi connectivity index (χ3v) is 4.03. The number of rotatable bonds is 4. The fraction of sp³-hybridized carbons (Fsp3) is 1.00. The molecule has 0 saturated heterocycles. The second kappa shape index (κ2) is 5.79. The Balaban J connectivity index is 3.84. The van der Waals surface area contributed by atoms with Gasteiger partial charge >= 0.3 is 0 Å². The zero-order valence-corrected chi connectivity index (χ0v) is 12.9. The van der Waals surface area contributed by atoms with E-state index < -0.39 is 8.63 Å². The normalized spacial score (nSPS) is 17.4. The van der Waals surface area contributed by atoms with Crippen LogP contribution in [-0.4, -0.2) is 19.8 Å². The molecule has 0 aliphatic rings. The van der Waals surface area contributed by atoms with Gasteiger partial charge in [0, 0.05) is 6.16 Å². The largest absolute Gasteiger partial charge is 0.345 e. The van der Waals surface area contributed by atoms with Gasteiger partial charge in [-0.1, -0.05) is 54.7 Å². The van der Waals surface area contributed by atoms with E-state index in [2.05, 4.69) is 47.8 Å². The molecule has 0 spiro atoms. The van der Waals surface area contributed by atoms with Crippen molar-refractivity contribution in [3.8, 4) is 0 Å². The Morgan fingerprint density at radius 3 is 2.33 bits per heavy atom. The first-order valence-electron chi connectivity index (χ1n) is 3.30. The summed E-state index contributed by atoms with van der Waals surface area (Å²) in [4.78, 5) is 9.52. The van der Waals surface area contributed by atoms with Crippen LogP contribution in [0.15, 0.2) is 0 Å². The highest BCUT2D eigenvalue weighted by atomic mass is 80.0. The molecule has 0 aromatic rings. The lowest BCUT2D eigenvalue weighted by molar-refractivity contribution is 0.322. The molecule has 1 N–H and O–H groups in total. The Morgan fingerprint density at radius 2 is 2.00 bits per heavy atom. The maximum absolute atomic E-state index is 9.52. The molecule has 0 amide bonds. The van der Waals surface area contributed by atoms with Gasteiger partial charge in [0.2, 0.25) is 0 Å². The molecule has 0 aromatic heterocycles. The molecule has 74 valence electrons. The Hall–Kier alpha value is 2.01. The van der Waals surface area contributed by atoms with Gasteiger partial charge in [0.05, 0.1) is 6.61 Å². The Bertz CT molecular complexity index is 182. The molecule has 1 atom stereocenters. The van der Waals surface area contributed by atoms with Gasteiger partial charge in [-0.05, 0) is 18.2 Å². The molecule has 1 unspecified atom stereocenters. The van der Waals surface area contributed by atoms with Crippen LogP contribution in [0.1, 0.15) is 13.3 Å². The van der Waals surface area contributed by atoms with Crippen molar-refractivity contribution < 1.29 is 9.42 Å². The summed E-state index contributed by atoms with van der Waals surface area (Å²) in [5.41, 5.74) is 0. The van der Waals surface area contributed by atoms with E-state index in [0.29, 0.717) is 12.8 Å². The third kappa shape index (κ3) is 8.60. The monoisotopic (exact) mass is 402 g/mol. The molecule has 0 saturated carbocycles. The molecule has 0 fully saturated rings. The standard InChI is InChI=1S/C5H10Br3O2PS/c1-2-3-11(9,12)10-4-5(6,7)8/h2-4H2,1H3,(H,9,12). The summed E-state index contributed by atoms with van der Waals surface area (Å²) in [7, 11) is 0. The van der Waals surface area contributed by atoms with E-state index in [1.54, 1.807) is 0 Å². The average molecular weight is 405 g/mol. The lowest BCUT2D eigenvalue weighted by atomic mass is 10.6. The van der Waals surface area contributed by atoms with Crippen LogP contribution in [0.2, 0.25) is 0 Å². The summed E-state index contributed by atoms with van der Waals surface area (Å²) in [6, 6.07) is 0. The maximum atomic E-state index is 9.52. The van der Waals surface area contributed by atoms with Gasteiger partial charge in [-0.25, -0.2) is 0 Å². The zero-order valence-electron chi connectivity index (χ0n) is 6.47. The highest BCUT2D eigenvalue weighted by Crippen LogP contribution is 2.46. The van der Waals surface area contributed by atoms with Crippen LogP contribution < -0.4 is 0 Å². The van der Waals surface area contributed by atoms with E-state index in [4.69, 9.17) is 16.3 Å². The molecule has 0 aliphatic heterocycles. The van der Waals surface area contributed by atoms with Crippen molar-refractivity contribution in [2.75, 3.05) is 12.8 Å². The predicted octanol–water partition coefficient (Wildman–Crippen LogP) is 3.55. The minimum atomic E-state index is -2.55. The van der Waals surface area contributed by atoms with Gasteiger partial charge in [-0.15, -0.1) is 0 Å². The topological polar surface area (TPSA) is 29.5 Å². The van der Waals surface area contributed by atoms with E-state index >= 15 is 0 Å². The molecule has 2 nitrogen and oxygen atoms in total. The number of halogens is 3. The highest BCUT2D eigenvalue weighted by molar-refractivity contribution is 9.39. The summed E-state index contributed by atoms with van der Waals surface area (Å²) >= 11 is 14.6. The lowest BCUT2D eigenvalue weighted by Gasteiger charge is -2.18. The summed E-state index contributed by atoms with van der Waals surface area (Å²) in [6.45, 7) is -0.291. The van der Waals surface area contributed by atoms with E-state index in [0.717, 1.165) is 6.42 Å². The molecule has 0 aromatic carbocycles. The molecule has 0 heterocycles. The molecule has 12 heavy (non-hydrogen) atoms. The number of hydrogen-bond acceptors (Lipinski definition) is 2. The van der Waals surface area contributed by atoms with Crippen LogP contribution >= 0.6 is 54.3 Å². The van der Waals surface area contributed by atoms with Crippen molar-refractivity contribution in [3.05, 3.63) is 0 Å². The van der Waals surface area contributed by atoms with Crippen molar-refractivity contribution in [1.29, 1.82) is 0 Å². The van der Waals surface area contributed by atoms with Crippen molar-refractivity contribution in [2.24, 2.45) is 0 Å². The van der Waals surface area contributed by atoms with Crippen molar-refractivity contribution in [2.45, 2.75) is 15.5 Å². The quantitative estimate of drug-likeness (QED) is 0.574. The maximum Gasteiger partial charge on any atom is 0.186 e. The first-order chi connectivity index (χ1) is 5.27. The van der Waals surface area contributed by atoms with Gasteiger partial charge in [-0.3, -0.25) is 0 Å². The van der Waals surface area contributed by atoms with Crippen LogP contribution in [0, 0.1) is 0 Å². The first kappa shape index (κ1) is 14.0. The van der Waals surface area contributed by atoms with E-state index in [9.17, 15) is 4.89 Å². The minimum absolute atomic E-state index is 0.292. The van der Waals surface area contributed by atoms with Gasteiger partial charge in [0.25, 0.3) is 0 Å². The van der Waals surface area contributed by atoms with Gasteiger partial charge in [-0.2, -0.15) is 0 Å². The molecule has 0 aliphatic carbocycles. The smallest absolute Gasteiger partial charge is 0.186 e. The van der Waals surface area contributed by atoms with Crippen LogP contribution in [0.25, 0.3) is 0 Å².